The minimum atomic E-state index is -1.06. The summed E-state index contributed by atoms with van der Waals surface area (Å²) >= 11 is 3.33. The van der Waals surface area contributed by atoms with Gasteiger partial charge in [0.2, 0.25) is 5.91 Å². The minimum Gasteiger partial charge on any atom is -0.481 e. The van der Waals surface area contributed by atoms with Crippen LogP contribution in [0.4, 0.5) is 5.69 Å². The molecule has 0 aromatic heterocycles. The number of anilines is 1. The molecule has 33 heavy (non-hydrogen) atoms. The van der Waals surface area contributed by atoms with Crippen molar-refractivity contribution in [2.45, 2.75) is 18.6 Å². The highest BCUT2D eigenvalue weighted by molar-refractivity contribution is 9.10. The van der Waals surface area contributed by atoms with E-state index in [1.54, 1.807) is 48.5 Å². The summed E-state index contributed by atoms with van der Waals surface area (Å²) in [5, 5.41) is 29.8. The molecule has 174 valence electrons. The van der Waals surface area contributed by atoms with Crippen LogP contribution in [0.15, 0.2) is 58.0 Å². The van der Waals surface area contributed by atoms with E-state index in [1.165, 1.54) is 0 Å². The quantitative estimate of drug-likeness (QED) is 0.308. The zero-order chi connectivity index (χ0) is 23.8. The number of aliphatic hydroxyl groups is 1. The van der Waals surface area contributed by atoms with Crippen LogP contribution >= 0.6 is 15.9 Å². The topological polar surface area (TPSA) is 152 Å². The van der Waals surface area contributed by atoms with Gasteiger partial charge in [0, 0.05) is 22.3 Å². The molecule has 0 aliphatic carbocycles. The minimum absolute atomic E-state index is 0.285. The molecule has 0 spiro atoms. The van der Waals surface area contributed by atoms with Crippen LogP contribution in [0.2, 0.25) is 0 Å². The van der Waals surface area contributed by atoms with Crippen molar-refractivity contribution in [3.05, 3.63) is 64.1 Å². The molecule has 11 heteroatoms. The number of β-amino-alcohol motifs (C(OH)–C–C–N with tert-alkyl or cyclic N) is 1. The van der Waals surface area contributed by atoms with Gasteiger partial charge in [0.1, 0.15) is 0 Å². The number of rotatable bonds is 8. The second-order valence-electron chi connectivity index (χ2n) is 7.39. The van der Waals surface area contributed by atoms with Gasteiger partial charge in [-0.05, 0) is 35.9 Å². The number of halogens is 1. The van der Waals surface area contributed by atoms with Crippen molar-refractivity contribution < 1.29 is 24.6 Å². The first-order valence-electron chi connectivity index (χ1n) is 10.2. The molecule has 2 aromatic rings. The van der Waals surface area contributed by atoms with Gasteiger partial charge >= 0.3 is 5.97 Å². The van der Waals surface area contributed by atoms with E-state index >= 15 is 0 Å². The molecular weight excluding hydrogens is 494 g/mol. The number of nitrogens with one attached hydrogen (secondary N) is 4. The third-order valence-corrected chi connectivity index (χ3v) is 5.22. The maximum absolute atomic E-state index is 12.5. The molecule has 2 unspecified atom stereocenters. The number of carbonyl (C=O) groups is 3. The lowest BCUT2D eigenvalue weighted by atomic mass is 10.0. The molecule has 0 fully saturated rings. The number of carboxylic acid groups (broad SMARTS) is 1. The van der Waals surface area contributed by atoms with Crippen LogP contribution in [-0.4, -0.2) is 59.7 Å². The molecule has 0 bridgehead atoms. The number of hydrogen-bond acceptors (Lipinski definition) is 7. The van der Waals surface area contributed by atoms with Crippen LogP contribution in [0.1, 0.15) is 28.4 Å². The lowest BCUT2D eigenvalue weighted by molar-refractivity contribution is -0.137. The van der Waals surface area contributed by atoms with Gasteiger partial charge in [0.25, 0.3) is 5.91 Å². The molecule has 2 aromatic carbocycles. The fourth-order valence-corrected chi connectivity index (χ4v) is 3.57. The molecule has 10 nitrogen and oxygen atoms in total. The van der Waals surface area contributed by atoms with Crippen molar-refractivity contribution in [2.75, 3.05) is 25.0 Å². The van der Waals surface area contributed by atoms with Crippen molar-refractivity contribution in [1.29, 1.82) is 0 Å². The summed E-state index contributed by atoms with van der Waals surface area (Å²) in [4.78, 5) is 40.3. The highest BCUT2D eigenvalue weighted by Crippen LogP contribution is 2.21. The van der Waals surface area contributed by atoms with E-state index in [1.807, 2.05) is 0 Å². The third-order valence-electron chi connectivity index (χ3n) is 4.73. The van der Waals surface area contributed by atoms with Crippen LogP contribution in [-0.2, 0) is 9.59 Å². The van der Waals surface area contributed by atoms with E-state index in [4.69, 9.17) is 0 Å². The number of benzene rings is 2. The lowest BCUT2D eigenvalue weighted by Gasteiger charge is -2.20. The Hall–Kier alpha value is -3.44. The zero-order valence-corrected chi connectivity index (χ0v) is 19.1. The van der Waals surface area contributed by atoms with E-state index < -0.39 is 29.9 Å². The molecule has 6 N–H and O–H groups in total. The first-order chi connectivity index (χ1) is 15.8. The summed E-state index contributed by atoms with van der Waals surface area (Å²) in [6, 6.07) is 12.9. The maximum Gasteiger partial charge on any atom is 0.305 e. The van der Waals surface area contributed by atoms with Crippen molar-refractivity contribution in [1.82, 2.24) is 16.0 Å². The average Bonchev–Trinajstić information content (AvgIpc) is 2.78. The Bertz CT molecular complexity index is 1060. The zero-order valence-electron chi connectivity index (χ0n) is 17.5. The highest BCUT2D eigenvalue weighted by atomic mass is 79.9. The predicted molar refractivity (Wildman–Crippen MR) is 126 cm³/mol. The number of guanidine groups is 1. The second-order valence-corrected chi connectivity index (χ2v) is 8.30. The number of carbonyl (C=O) groups excluding carboxylic acids is 2. The van der Waals surface area contributed by atoms with Gasteiger partial charge in [-0.3, -0.25) is 19.4 Å². The Morgan fingerprint density at radius 2 is 1.97 bits per heavy atom. The van der Waals surface area contributed by atoms with Crippen LogP contribution in [0.25, 0.3) is 0 Å². The summed E-state index contributed by atoms with van der Waals surface area (Å²) in [5.41, 5.74) is 1.58. The second kappa shape index (κ2) is 11.4. The molecular formula is C22H24BrN5O5. The molecule has 2 atom stereocenters. The first-order valence-corrected chi connectivity index (χ1v) is 11.0. The van der Waals surface area contributed by atoms with Gasteiger partial charge < -0.3 is 31.5 Å². The fraction of sp³-hybridized carbons (Fsp3) is 0.273. The van der Waals surface area contributed by atoms with Crippen LogP contribution in [0.5, 0.6) is 0 Å². The SMILES string of the molecule is O=C(O)CC(NC(=O)CNC(=O)c1cccc(NC2=NCC(O)CN2)c1)c1cccc(Br)c1. The van der Waals surface area contributed by atoms with E-state index in [2.05, 4.69) is 42.2 Å². The summed E-state index contributed by atoms with van der Waals surface area (Å²) < 4.78 is 0.761. The average molecular weight is 518 g/mol. The van der Waals surface area contributed by atoms with Crippen LogP contribution in [0.3, 0.4) is 0 Å². The van der Waals surface area contributed by atoms with Gasteiger partial charge in [0.15, 0.2) is 5.96 Å². The predicted octanol–water partition coefficient (Wildman–Crippen LogP) is 1.24. The number of aliphatic carboxylic acids is 1. The molecule has 0 saturated carbocycles. The van der Waals surface area contributed by atoms with Gasteiger partial charge in [-0.1, -0.05) is 34.1 Å². The van der Waals surface area contributed by atoms with E-state index in [-0.39, 0.29) is 19.5 Å². The fourth-order valence-electron chi connectivity index (χ4n) is 3.15. The Kier molecular flexibility index (Phi) is 8.39. The largest absolute Gasteiger partial charge is 0.481 e. The third kappa shape index (κ3) is 7.58. The van der Waals surface area contributed by atoms with E-state index in [9.17, 15) is 24.6 Å². The number of amides is 2. The molecule has 1 heterocycles. The lowest BCUT2D eigenvalue weighted by Crippen LogP contribution is -2.42. The van der Waals surface area contributed by atoms with Gasteiger partial charge in [-0.15, -0.1) is 0 Å². The Morgan fingerprint density at radius 1 is 1.18 bits per heavy atom. The number of hydrogen-bond donors (Lipinski definition) is 6. The van der Waals surface area contributed by atoms with E-state index in [0.717, 1.165) is 4.47 Å². The van der Waals surface area contributed by atoms with Crippen LogP contribution in [0, 0.1) is 0 Å². The number of aliphatic imine (C=N–C) groups is 1. The molecule has 0 radical (unpaired) electrons. The normalized spacial score (nSPS) is 16.1. The molecule has 1 aliphatic heterocycles. The van der Waals surface area contributed by atoms with Crippen LogP contribution < -0.4 is 21.3 Å². The summed E-state index contributed by atoms with van der Waals surface area (Å²) in [6.45, 7) is 0.351. The summed E-state index contributed by atoms with van der Waals surface area (Å²) in [5.74, 6) is -1.53. The standard InChI is InChI=1S/C22H24BrN5O5/c23-15-5-1-3-13(7-15)18(9-20(31)32)28-19(30)12-24-21(33)14-4-2-6-16(8-14)27-22-25-10-17(29)11-26-22/h1-8,17-18,29H,9-12H2,(H,24,33)(H,28,30)(H,31,32)(H2,25,26,27). The highest BCUT2D eigenvalue weighted by Gasteiger charge is 2.19. The first kappa shape index (κ1) is 24.2. The Balaban J connectivity index is 1.57. The molecule has 2 amide bonds. The van der Waals surface area contributed by atoms with Gasteiger partial charge in [-0.2, -0.15) is 0 Å². The van der Waals surface area contributed by atoms with Crippen molar-refractivity contribution in [3.63, 3.8) is 0 Å². The van der Waals surface area contributed by atoms with E-state index in [0.29, 0.717) is 29.3 Å². The van der Waals surface area contributed by atoms with Crippen molar-refractivity contribution in [3.8, 4) is 0 Å². The van der Waals surface area contributed by atoms with Crippen molar-refractivity contribution >= 4 is 45.4 Å². The molecule has 1 aliphatic rings. The monoisotopic (exact) mass is 517 g/mol. The Morgan fingerprint density at radius 3 is 2.67 bits per heavy atom. The Labute approximate surface area is 198 Å². The summed E-state index contributed by atoms with van der Waals surface area (Å²) in [7, 11) is 0. The molecule has 3 rings (SSSR count). The number of carboxylic acids is 1. The number of aliphatic hydroxyl groups excluding tert-OH is 1. The molecule has 0 saturated heterocycles. The van der Waals surface area contributed by atoms with Gasteiger partial charge in [0.05, 0.1) is 31.7 Å². The van der Waals surface area contributed by atoms with Gasteiger partial charge in [-0.25, -0.2) is 0 Å². The smallest absolute Gasteiger partial charge is 0.305 e. The number of nitrogens with zero attached hydrogens (tertiary/aromatic N) is 1. The maximum atomic E-state index is 12.5. The summed E-state index contributed by atoms with van der Waals surface area (Å²) in [6.07, 6.45) is -0.823. The van der Waals surface area contributed by atoms with Crippen molar-refractivity contribution in [2.24, 2.45) is 4.99 Å².